The first-order chi connectivity index (χ1) is 14.8. The fraction of sp³-hybridized carbons (Fsp3) is 0.286. The molecule has 0 N–H and O–H groups in total. The van der Waals surface area contributed by atoms with Crippen LogP contribution in [-0.4, -0.2) is 53.5 Å². The molecule has 1 saturated heterocycles. The minimum absolute atomic E-state index is 0.0908. The number of aromatic nitrogens is 7. The second-order valence-electron chi connectivity index (χ2n) is 7.45. The van der Waals surface area contributed by atoms with E-state index in [0.29, 0.717) is 19.2 Å². The molecular formula is C21H20N8O. The number of hydrogen-bond donors (Lipinski definition) is 0. The molecule has 1 fully saturated rings. The first-order valence-electron chi connectivity index (χ1n) is 10.1. The number of benzene rings is 1. The van der Waals surface area contributed by atoms with E-state index >= 15 is 0 Å². The lowest BCUT2D eigenvalue weighted by Crippen LogP contribution is -2.53. The smallest absolute Gasteiger partial charge is 0.237 e. The van der Waals surface area contributed by atoms with Crippen LogP contribution in [0.25, 0.3) is 23.0 Å². The quantitative estimate of drug-likeness (QED) is 0.520. The van der Waals surface area contributed by atoms with Crippen LogP contribution in [0, 0.1) is 0 Å². The second-order valence-corrected chi connectivity index (χ2v) is 7.45. The molecule has 2 aliphatic heterocycles. The van der Waals surface area contributed by atoms with Crippen molar-refractivity contribution in [1.82, 2.24) is 34.3 Å². The van der Waals surface area contributed by atoms with E-state index in [0.717, 1.165) is 35.1 Å². The van der Waals surface area contributed by atoms with Gasteiger partial charge in [0, 0.05) is 18.0 Å². The van der Waals surface area contributed by atoms with Gasteiger partial charge in [-0.05, 0) is 6.42 Å². The second kappa shape index (κ2) is 6.74. The number of hydrogen-bond acceptors (Lipinski definition) is 7. The van der Waals surface area contributed by atoms with Crippen molar-refractivity contribution in [3.05, 3.63) is 61.1 Å². The number of imidazole rings is 1. The average Bonchev–Trinajstić information content (AvgIpc) is 3.43. The summed E-state index contributed by atoms with van der Waals surface area (Å²) in [7, 11) is 0. The minimum Gasteiger partial charge on any atom is -0.377 e. The van der Waals surface area contributed by atoms with Crippen LogP contribution in [0.15, 0.2) is 55.2 Å². The van der Waals surface area contributed by atoms with Gasteiger partial charge in [-0.25, -0.2) is 9.97 Å². The molecule has 0 aliphatic carbocycles. The standard InChI is InChI=1S/C21H20N8O/c1-2-16-20-26-24-13-28(20)17-10-23-21(25-19(17)29(16)15-11-30-12-15)27-9-8-22-18(27)14-6-4-3-5-7-14/h3-10,13,15-16H,2,11-12H2,1H3/t16-/m1/s1. The van der Waals surface area contributed by atoms with Gasteiger partial charge in [-0.15, -0.1) is 10.2 Å². The maximum atomic E-state index is 5.50. The maximum absolute atomic E-state index is 5.50. The van der Waals surface area contributed by atoms with Gasteiger partial charge in [0.05, 0.1) is 31.5 Å². The van der Waals surface area contributed by atoms with E-state index in [2.05, 4.69) is 32.0 Å². The van der Waals surface area contributed by atoms with Crippen LogP contribution < -0.4 is 4.90 Å². The number of rotatable bonds is 4. The molecule has 30 heavy (non-hydrogen) atoms. The van der Waals surface area contributed by atoms with Crippen molar-refractivity contribution in [2.45, 2.75) is 25.4 Å². The van der Waals surface area contributed by atoms with Crippen LogP contribution in [0.1, 0.15) is 25.2 Å². The van der Waals surface area contributed by atoms with E-state index in [1.165, 1.54) is 0 Å². The predicted octanol–water partition coefficient (Wildman–Crippen LogP) is 2.58. The third kappa shape index (κ3) is 2.48. The number of nitrogens with zero attached hydrogens (tertiary/aromatic N) is 8. The highest BCUT2D eigenvalue weighted by atomic mass is 16.5. The van der Waals surface area contributed by atoms with Crippen molar-refractivity contribution in [3.8, 4) is 23.0 Å². The highest BCUT2D eigenvalue weighted by molar-refractivity contribution is 5.64. The van der Waals surface area contributed by atoms with Crippen LogP contribution in [-0.2, 0) is 4.74 Å². The fourth-order valence-electron chi connectivity index (χ4n) is 4.22. The van der Waals surface area contributed by atoms with Crippen molar-refractivity contribution in [3.63, 3.8) is 0 Å². The van der Waals surface area contributed by atoms with Gasteiger partial charge in [-0.2, -0.15) is 4.98 Å². The summed E-state index contributed by atoms with van der Waals surface area (Å²) in [5, 5.41) is 8.53. The molecule has 0 saturated carbocycles. The van der Waals surface area contributed by atoms with Gasteiger partial charge < -0.3 is 9.64 Å². The Hall–Kier alpha value is -3.59. The van der Waals surface area contributed by atoms with Gasteiger partial charge in [-0.1, -0.05) is 37.3 Å². The van der Waals surface area contributed by atoms with Crippen molar-refractivity contribution in [2.24, 2.45) is 0 Å². The largest absolute Gasteiger partial charge is 0.377 e. The van der Waals surface area contributed by atoms with Gasteiger partial charge in [0.2, 0.25) is 5.95 Å². The SMILES string of the molecule is CC[C@@H]1c2nncn2-c2cnc(-n3ccnc3-c3ccccc3)nc2N1C1COC1. The Morgan fingerprint density at radius 2 is 1.97 bits per heavy atom. The average molecular weight is 400 g/mol. The fourth-order valence-corrected chi connectivity index (χ4v) is 4.22. The molecule has 6 rings (SSSR count). The van der Waals surface area contributed by atoms with Crippen molar-refractivity contribution in [2.75, 3.05) is 18.1 Å². The van der Waals surface area contributed by atoms with E-state index in [1.807, 2.05) is 51.9 Å². The highest BCUT2D eigenvalue weighted by Crippen LogP contribution is 2.40. The third-order valence-corrected chi connectivity index (χ3v) is 5.74. The molecule has 1 aromatic carbocycles. The molecule has 3 aromatic heterocycles. The van der Waals surface area contributed by atoms with E-state index in [1.54, 1.807) is 12.5 Å². The molecule has 9 heteroatoms. The summed E-state index contributed by atoms with van der Waals surface area (Å²) in [5.41, 5.74) is 1.90. The first kappa shape index (κ1) is 17.3. The molecule has 5 heterocycles. The Morgan fingerprint density at radius 3 is 2.73 bits per heavy atom. The van der Waals surface area contributed by atoms with Gasteiger partial charge in [0.1, 0.15) is 17.8 Å². The van der Waals surface area contributed by atoms with E-state index < -0.39 is 0 Å². The van der Waals surface area contributed by atoms with Gasteiger partial charge in [0.15, 0.2) is 11.6 Å². The summed E-state index contributed by atoms with van der Waals surface area (Å²) in [4.78, 5) is 16.5. The minimum atomic E-state index is 0.0908. The normalized spacial score (nSPS) is 18.0. The molecule has 2 aliphatic rings. The molecule has 0 bridgehead atoms. The van der Waals surface area contributed by atoms with E-state index in [-0.39, 0.29) is 12.1 Å². The zero-order chi connectivity index (χ0) is 20.1. The molecular weight excluding hydrogens is 380 g/mol. The Balaban J connectivity index is 1.51. The highest BCUT2D eigenvalue weighted by Gasteiger charge is 2.40. The molecule has 9 nitrogen and oxygen atoms in total. The summed E-state index contributed by atoms with van der Waals surface area (Å²) in [6.45, 7) is 3.53. The van der Waals surface area contributed by atoms with Crippen LogP contribution in [0.2, 0.25) is 0 Å². The summed E-state index contributed by atoms with van der Waals surface area (Å²) < 4.78 is 9.42. The lowest BCUT2D eigenvalue weighted by Gasteiger charge is -2.45. The predicted molar refractivity (Wildman–Crippen MR) is 110 cm³/mol. The zero-order valence-electron chi connectivity index (χ0n) is 16.5. The molecule has 0 spiro atoms. The Kier molecular flexibility index (Phi) is 3.88. The lowest BCUT2D eigenvalue weighted by molar-refractivity contribution is 0.00339. The molecule has 1 atom stereocenters. The topological polar surface area (TPSA) is 86.8 Å². The molecule has 0 unspecified atom stereocenters. The van der Waals surface area contributed by atoms with Crippen LogP contribution in [0.3, 0.4) is 0 Å². The van der Waals surface area contributed by atoms with Crippen LogP contribution >= 0.6 is 0 Å². The maximum Gasteiger partial charge on any atom is 0.237 e. The summed E-state index contributed by atoms with van der Waals surface area (Å²) >= 11 is 0. The van der Waals surface area contributed by atoms with E-state index in [4.69, 9.17) is 9.72 Å². The monoisotopic (exact) mass is 400 g/mol. The summed E-state index contributed by atoms with van der Waals surface area (Å²) in [6, 6.07) is 10.4. The van der Waals surface area contributed by atoms with Crippen LogP contribution in [0.5, 0.6) is 0 Å². The number of fused-ring (bicyclic) bond motifs is 3. The first-order valence-corrected chi connectivity index (χ1v) is 10.1. The third-order valence-electron chi connectivity index (χ3n) is 5.74. The van der Waals surface area contributed by atoms with Gasteiger partial charge in [-0.3, -0.25) is 9.13 Å². The molecule has 150 valence electrons. The lowest BCUT2D eigenvalue weighted by atomic mass is 10.0. The summed E-state index contributed by atoms with van der Waals surface area (Å²) in [6.07, 6.45) is 8.15. The summed E-state index contributed by atoms with van der Waals surface area (Å²) in [5.74, 6) is 3.18. The zero-order valence-corrected chi connectivity index (χ0v) is 16.5. The van der Waals surface area contributed by atoms with Crippen molar-refractivity contribution < 1.29 is 4.74 Å². The van der Waals surface area contributed by atoms with Gasteiger partial charge in [0.25, 0.3) is 0 Å². The van der Waals surface area contributed by atoms with Crippen LogP contribution in [0.4, 0.5) is 5.82 Å². The molecule has 0 radical (unpaired) electrons. The Morgan fingerprint density at radius 1 is 1.10 bits per heavy atom. The van der Waals surface area contributed by atoms with E-state index in [9.17, 15) is 0 Å². The van der Waals surface area contributed by atoms with Crippen molar-refractivity contribution >= 4 is 5.82 Å². The number of ether oxygens (including phenoxy) is 1. The molecule has 0 amide bonds. The van der Waals surface area contributed by atoms with Crippen molar-refractivity contribution in [1.29, 1.82) is 0 Å². The molecule has 4 aromatic rings. The number of anilines is 1. The Labute approximate surface area is 173 Å². The van der Waals surface area contributed by atoms with Gasteiger partial charge >= 0.3 is 0 Å². The Bertz CT molecular complexity index is 1200.